The molecule has 1 aromatic rings. The van der Waals surface area contributed by atoms with Gasteiger partial charge in [-0.25, -0.2) is 0 Å². The largest absolute Gasteiger partial charge is 0.490 e. The molecule has 1 aliphatic carbocycles. The molecule has 0 saturated heterocycles. The normalized spacial score (nSPS) is 23.6. The van der Waals surface area contributed by atoms with Crippen LogP contribution in [0.25, 0.3) is 0 Å². The van der Waals surface area contributed by atoms with Crippen LogP contribution in [0.3, 0.4) is 0 Å². The molecule has 0 aliphatic heterocycles. The lowest BCUT2D eigenvalue weighted by atomic mass is 9.84. The summed E-state index contributed by atoms with van der Waals surface area (Å²) < 4.78 is 5.73. The number of rotatable bonds is 4. The summed E-state index contributed by atoms with van der Waals surface area (Å²) in [5.74, 6) is 0.809. The molecule has 0 amide bonds. The van der Waals surface area contributed by atoms with E-state index in [9.17, 15) is 4.79 Å². The Balaban J connectivity index is 1.89. The number of ether oxygens (including phenoxy) is 1. The second-order valence-electron chi connectivity index (χ2n) is 4.53. The Morgan fingerprint density at radius 3 is 2.50 bits per heavy atom. The van der Waals surface area contributed by atoms with Gasteiger partial charge in [-0.05, 0) is 36.5 Å². The first-order valence-electron chi connectivity index (χ1n) is 5.61. The van der Waals surface area contributed by atoms with Crippen LogP contribution in [0.5, 0.6) is 5.75 Å². The Labute approximate surface area is 95.0 Å². The number of benzene rings is 1. The zero-order chi connectivity index (χ0) is 11.5. The van der Waals surface area contributed by atoms with Crippen LogP contribution < -0.4 is 4.74 Å². The van der Waals surface area contributed by atoms with Gasteiger partial charge in [0.15, 0.2) is 0 Å². The molecule has 3 heteroatoms. The summed E-state index contributed by atoms with van der Waals surface area (Å²) in [6.07, 6.45) is 2.66. The van der Waals surface area contributed by atoms with E-state index in [0.29, 0.717) is 6.10 Å². The van der Waals surface area contributed by atoms with E-state index in [1.165, 1.54) is 0 Å². The first kappa shape index (κ1) is 11.0. The van der Waals surface area contributed by atoms with Gasteiger partial charge in [0.25, 0.3) is 0 Å². The fourth-order valence-corrected chi connectivity index (χ4v) is 1.98. The molecule has 0 unspecified atom stereocenters. The lowest BCUT2D eigenvalue weighted by Crippen LogP contribution is -2.31. The molecule has 1 N–H and O–H groups in total. The van der Waals surface area contributed by atoms with Gasteiger partial charge < -0.3 is 9.84 Å². The molecule has 16 heavy (non-hydrogen) atoms. The van der Waals surface area contributed by atoms with Crippen LogP contribution in [0.4, 0.5) is 0 Å². The topological polar surface area (TPSA) is 46.5 Å². The van der Waals surface area contributed by atoms with Crippen molar-refractivity contribution in [2.24, 2.45) is 5.92 Å². The van der Waals surface area contributed by atoms with Gasteiger partial charge in [0, 0.05) is 0 Å². The summed E-state index contributed by atoms with van der Waals surface area (Å²) in [7, 11) is 0. The quantitative estimate of drug-likeness (QED) is 0.848. The molecule has 1 aromatic carbocycles. The average Bonchev–Trinajstić information content (AvgIpc) is 2.18. The van der Waals surface area contributed by atoms with Crippen LogP contribution >= 0.6 is 0 Å². The number of carboxylic acid groups (broad SMARTS) is 1. The highest BCUT2D eigenvalue weighted by Gasteiger charge is 2.26. The fraction of sp³-hybridized carbons (Fsp3) is 0.462. The summed E-state index contributed by atoms with van der Waals surface area (Å²) in [5.41, 5.74) is 0.807. The SMILES string of the molecule is C[C@H]1C[C@H](Oc2ccc(CC(=O)O)cc2)C1. The third-order valence-electron chi connectivity index (χ3n) is 2.91. The fourth-order valence-electron chi connectivity index (χ4n) is 1.98. The number of carboxylic acids is 1. The van der Waals surface area contributed by atoms with Crippen molar-refractivity contribution in [3.05, 3.63) is 29.8 Å². The number of carbonyl (C=O) groups is 1. The van der Waals surface area contributed by atoms with E-state index < -0.39 is 5.97 Å². The lowest BCUT2D eigenvalue weighted by Gasteiger charge is -2.32. The maximum atomic E-state index is 10.5. The molecule has 0 radical (unpaired) electrons. The number of hydrogen-bond donors (Lipinski definition) is 1. The van der Waals surface area contributed by atoms with Crippen LogP contribution in [0.2, 0.25) is 0 Å². The van der Waals surface area contributed by atoms with E-state index in [4.69, 9.17) is 9.84 Å². The minimum atomic E-state index is -0.804. The highest BCUT2D eigenvalue weighted by atomic mass is 16.5. The van der Waals surface area contributed by atoms with Crippen molar-refractivity contribution < 1.29 is 14.6 Å². The zero-order valence-corrected chi connectivity index (χ0v) is 9.35. The van der Waals surface area contributed by atoms with E-state index >= 15 is 0 Å². The first-order valence-corrected chi connectivity index (χ1v) is 5.61. The van der Waals surface area contributed by atoms with Crippen LogP contribution in [-0.4, -0.2) is 17.2 Å². The van der Waals surface area contributed by atoms with Crippen LogP contribution in [0.15, 0.2) is 24.3 Å². The van der Waals surface area contributed by atoms with Gasteiger partial charge in [-0.15, -0.1) is 0 Å². The maximum Gasteiger partial charge on any atom is 0.307 e. The Bertz CT molecular complexity index is 363. The van der Waals surface area contributed by atoms with Gasteiger partial charge in [0.05, 0.1) is 12.5 Å². The molecule has 86 valence electrons. The molecule has 1 aliphatic rings. The van der Waals surface area contributed by atoms with Gasteiger partial charge in [-0.2, -0.15) is 0 Å². The molecule has 0 aromatic heterocycles. The summed E-state index contributed by atoms with van der Waals surface area (Å²) in [4.78, 5) is 10.5. The molecule has 3 nitrogen and oxygen atoms in total. The van der Waals surface area contributed by atoms with Crippen molar-refractivity contribution in [1.29, 1.82) is 0 Å². The molecular weight excluding hydrogens is 204 g/mol. The molecule has 0 bridgehead atoms. The molecule has 1 saturated carbocycles. The summed E-state index contributed by atoms with van der Waals surface area (Å²) in [5, 5.41) is 8.63. The average molecular weight is 220 g/mol. The van der Waals surface area contributed by atoms with E-state index in [-0.39, 0.29) is 6.42 Å². The van der Waals surface area contributed by atoms with Gasteiger partial charge in [0.1, 0.15) is 5.75 Å². The summed E-state index contributed by atoms with van der Waals surface area (Å²) in [6.45, 7) is 2.22. The zero-order valence-electron chi connectivity index (χ0n) is 9.35. The van der Waals surface area contributed by atoms with Gasteiger partial charge >= 0.3 is 5.97 Å². The monoisotopic (exact) mass is 220 g/mol. The van der Waals surface area contributed by atoms with E-state index in [2.05, 4.69) is 6.92 Å². The second-order valence-corrected chi connectivity index (χ2v) is 4.53. The Morgan fingerprint density at radius 1 is 1.38 bits per heavy atom. The Hall–Kier alpha value is -1.51. The van der Waals surface area contributed by atoms with E-state index in [0.717, 1.165) is 30.1 Å². The third kappa shape index (κ3) is 2.75. The van der Waals surface area contributed by atoms with Crippen LogP contribution in [0.1, 0.15) is 25.3 Å². The number of aliphatic carboxylic acids is 1. The molecule has 1 fully saturated rings. The molecular formula is C13H16O3. The molecule has 2 rings (SSSR count). The van der Waals surface area contributed by atoms with Gasteiger partial charge in [-0.3, -0.25) is 4.79 Å². The Kier molecular flexibility index (Phi) is 3.13. The van der Waals surface area contributed by atoms with E-state index in [1.54, 1.807) is 0 Å². The van der Waals surface area contributed by atoms with Gasteiger partial charge in [-0.1, -0.05) is 19.1 Å². The van der Waals surface area contributed by atoms with Crippen molar-refractivity contribution in [1.82, 2.24) is 0 Å². The highest BCUT2D eigenvalue weighted by Crippen LogP contribution is 2.30. The highest BCUT2D eigenvalue weighted by molar-refractivity contribution is 5.70. The molecule has 0 spiro atoms. The van der Waals surface area contributed by atoms with Gasteiger partial charge in [0.2, 0.25) is 0 Å². The maximum absolute atomic E-state index is 10.5. The molecule has 0 heterocycles. The van der Waals surface area contributed by atoms with E-state index in [1.807, 2.05) is 24.3 Å². The first-order chi connectivity index (χ1) is 7.63. The lowest BCUT2D eigenvalue weighted by molar-refractivity contribution is -0.136. The summed E-state index contributed by atoms with van der Waals surface area (Å²) >= 11 is 0. The molecule has 0 atom stereocenters. The summed E-state index contributed by atoms with van der Waals surface area (Å²) in [6, 6.07) is 7.32. The predicted molar refractivity (Wildman–Crippen MR) is 60.6 cm³/mol. The van der Waals surface area contributed by atoms with Crippen molar-refractivity contribution >= 4 is 5.97 Å². The minimum absolute atomic E-state index is 0.0702. The van der Waals surface area contributed by atoms with Crippen molar-refractivity contribution in [2.45, 2.75) is 32.3 Å². The van der Waals surface area contributed by atoms with Crippen LogP contribution in [-0.2, 0) is 11.2 Å². The standard InChI is InChI=1S/C13H16O3/c1-9-6-12(7-9)16-11-4-2-10(3-5-11)8-13(14)15/h2-5,9,12H,6-8H2,1H3,(H,14,15)/t9-,12-. The smallest absolute Gasteiger partial charge is 0.307 e. The second kappa shape index (κ2) is 4.56. The van der Waals surface area contributed by atoms with Crippen LogP contribution in [0, 0.1) is 5.92 Å². The Morgan fingerprint density at radius 2 is 2.00 bits per heavy atom. The predicted octanol–water partition coefficient (Wildman–Crippen LogP) is 2.49. The third-order valence-corrected chi connectivity index (χ3v) is 2.91. The van der Waals surface area contributed by atoms with Crippen molar-refractivity contribution in [3.63, 3.8) is 0 Å². The van der Waals surface area contributed by atoms with Crippen molar-refractivity contribution in [3.8, 4) is 5.75 Å². The van der Waals surface area contributed by atoms with Crippen molar-refractivity contribution in [2.75, 3.05) is 0 Å². The number of hydrogen-bond acceptors (Lipinski definition) is 2. The minimum Gasteiger partial charge on any atom is -0.490 e.